The molecule has 4 rings (SSSR count). The number of amides is 1. The van der Waals surface area contributed by atoms with Crippen molar-refractivity contribution < 1.29 is 14.3 Å². The van der Waals surface area contributed by atoms with Crippen molar-refractivity contribution in [1.29, 1.82) is 0 Å². The molecule has 30 heavy (non-hydrogen) atoms. The van der Waals surface area contributed by atoms with Gasteiger partial charge in [0, 0.05) is 0 Å². The van der Waals surface area contributed by atoms with Crippen molar-refractivity contribution in [1.82, 2.24) is 14.5 Å². The molecule has 0 saturated heterocycles. The van der Waals surface area contributed by atoms with E-state index in [1.807, 2.05) is 41.8 Å². The minimum absolute atomic E-state index is 0.235. The first-order valence-electron chi connectivity index (χ1n) is 9.32. The molecule has 0 fully saturated rings. The minimum atomic E-state index is -0.483. The van der Waals surface area contributed by atoms with Gasteiger partial charge in [0.1, 0.15) is 0 Å². The molecule has 0 spiro atoms. The van der Waals surface area contributed by atoms with Gasteiger partial charge in [0.2, 0.25) is 0 Å². The fourth-order valence-electron chi connectivity index (χ4n) is 3.14. The molecule has 1 amide bonds. The van der Waals surface area contributed by atoms with Gasteiger partial charge in [-0.25, -0.2) is 0 Å². The normalized spacial score (nSPS) is 10.9. The molecule has 152 valence electrons. The molecule has 0 bridgehead atoms. The van der Waals surface area contributed by atoms with Crippen molar-refractivity contribution in [2.45, 2.75) is 6.92 Å². The van der Waals surface area contributed by atoms with Gasteiger partial charge in [0.15, 0.2) is 0 Å². The van der Waals surface area contributed by atoms with Crippen LogP contribution in [-0.2, 0) is 0 Å². The van der Waals surface area contributed by atoms with E-state index in [1.165, 1.54) is 0 Å². The van der Waals surface area contributed by atoms with E-state index in [9.17, 15) is 4.79 Å². The van der Waals surface area contributed by atoms with E-state index in [0.29, 0.717) is 23.9 Å². The van der Waals surface area contributed by atoms with E-state index >= 15 is 0 Å². The predicted molar refractivity (Wildman–Crippen MR) is 117 cm³/mol. The number of aromatic nitrogens is 3. The summed E-state index contributed by atoms with van der Waals surface area (Å²) in [6.45, 7) is 2.55. The third-order valence-corrected chi connectivity index (χ3v) is 6.75. The average molecular weight is 467 g/mol. The number of primary amides is 1. The average Bonchev–Trinajstić information content (AvgIpc) is 3.11. The van der Waals surface area contributed by atoms with E-state index in [4.69, 9.17) is 15.2 Å². The maximum atomic E-state index is 12.1. The molecule has 7 nitrogen and oxygen atoms in total. The molecule has 0 aliphatic rings. The van der Waals surface area contributed by atoms with Crippen molar-refractivity contribution in [2.75, 3.05) is 13.7 Å². The van der Waals surface area contributed by atoms with Crippen LogP contribution in [0.2, 0.25) is 0 Å². The second-order valence-corrected chi connectivity index (χ2v) is 8.58. The Bertz CT molecular complexity index is 1210. The predicted octanol–water partition coefficient (Wildman–Crippen LogP) is 1.58. The van der Waals surface area contributed by atoms with Crippen molar-refractivity contribution in [3.63, 3.8) is 0 Å². The van der Waals surface area contributed by atoms with Gasteiger partial charge in [-0.2, -0.15) is 0 Å². The number of rotatable bonds is 7. The number of methoxy groups -OCH3 is 1. The van der Waals surface area contributed by atoms with E-state index < -0.39 is 5.91 Å². The molecule has 2 aromatic heterocycles. The van der Waals surface area contributed by atoms with Gasteiger partial charge < -0.3 is 0 Å². The van der Waals surface area contributed by atoms with E-state index in [-0.39, 0.29) is 15.0 Å². The number of hydrogen-bond acceptors (Lipinski definition) is 5. The van der Waals surface area contributed by atoms with Crippen LogP contribution in [0.25, 0.3) is 16.9 Å². The van der Waals surface area contributed by atoms with Gasteiger partial charge in [-0.1, -0.05) is 0 Å². The third-order valence-electron chi connectivity index (χ3n) is 4.47. The first kappa shape index (κ1) is 19.9. The van der Waals surface area contributed by atoms with Crippen LogP contribution in [-0.4, -0.2) is 49.1 Å². The van der Waals surface area contributed by atoms with Crippen LogP contribution in [0, 0.1) is 0 Å². The zero-order chi connectivity index (χ0) is 21.1. The summed E-state index contributed by atoms with van der Waals surface area (Å²) in [6, 6.07) is 15.2. The number of carbonyl (C=O) groups is 1. The van der Waals surface area contributed by atoms with Gasteiger partial charge in [-0.15, -0.1) is 0 Å². The van der Waals surface area contributed by atoms with Crippen LogP contribution in [0.5, 0.6) is 11.5 Å². The first-order chi connectivity index (χ1) is 14.6. The van der Waals surface area contributed by atoms with Crippen LogP contribution in [0.1, 0.15) is 17.3 Å². The second kappa shape index (κ2) is 8.57. The molecule has 2 aromatic carbocycles. The zero-order valence-corrected chi connectivity index (χ0v) is 18.2. The Morgan fingerprint density at radius 2 is 1.87 bits per heavy atom. The molecule has 0 saturated carbocycles. The molecule has 0 atom stereocenters. The van der Waals surface area contributed by atoms with Gasteiger partial charge in [-0.3, -0.25) is 0 Å². The summed E-state index contributed by atoms with van der Waals surface area (Å²) >= 11 is -0.235. The Labute approximate surface area is 180 Å². The molecule has 0 radical (unpaired) electrons. The van der Waals surface area contributed by atoms with E-state index in [1.54, 1.807) is 31.6 Å². The molecule has 0 aliphatic heterocycles. The molecule has 8 heteroatoms. The number of benzene rings is 2. The molecule has 2 N–H and O–H groups in total. The quantitative estimate of drug-likeness (QED) is 0.417. The molecule has 2 heterocycles. The number of nitrogens with zero attached hydrogens (tertiary/aromatic N) is 3. The number of hydrogen-bond donors (Lipinski definition) is 1. The van der Waals surface area contributed by atoms with E-state index in [0.717, 1.165) is 25.7 Å². The SMILES string of the molecule is CCOc1ccc2c(c1)cc([Se]c1ccc(OC)cc1C(N)=O)n2-c1ncccn1. The van der Waals surface area contributed by atoms with Crippen LogP contribution in [0.15, 0.2) is 60.9 Å². The topological polar surface area (TPSA) is 92.3 Å². The van der Waals surface area contributed by atoms with Crippen LogP contribution in [0.4, 0.5) is 0 Å². The second-order valence-electron chi connectivity index (χ2n) is 6.35. The van der Waals surface area contributed by atoms with Crippen molar-refractivity contribution in [2.24, 2.45) is 5.73 Å². The number of carbonyl (C=O) groups excluding carboxylic acids is 1. The summed E-state index contributed by atoms with van der Waals surface area (Å²) in [5, 5.41) is 1.01. The summed E-state index contributed by atoms with van der Waals surface area (Å²) in [5.41, 5.74) is 7.06. The number of fused-ring (bicyclic) bond motifs is 1. The summed E-state index contributed by atoms with van der Waals surface area (Å²) in [5.74, 6) is 1.49. The monoisotopic (exact) mass is 468 g/mol. The number of ether oxygens (including phenoxy) is 2. The van der Waals surface area contributed by atoms with Crippen LogP contribution < -0.4 is 24.3 Å². The maximum absolute atomic E-state index is 12.1. The van der Waals surface area contributed by atoms with Gasteiger partial charge >= 0.3 is 180 Å². The van der Waals surface area contributed by atoms with Gasteiger partial charge in [0.05, 0.1) is 0 Å². The Hall–Kier alpha value is -3.35. The molecular weight excluding hydrogens is 447 g/mol. The molecule has 4 aromatic rings. The fraction of sp³-hybridized carbons (Fsp3) is 0.136. The summed E-state index contributed by atoms with van der Waals surface area (Å²) < 4.78 is 14.8. The summed E-state index contributed by atoms with van der Waals surface area (Å²) in [7, 11) is 1.56. The Morgan fingerprint density at radius 3 is 2.57 bits per heavy atom. The first-order valence-corrected chi connectivity index (χ1v) is 11.0. The Morgan fingerprint density at radius 1 is 1.10 bits per heavy atom. The van der Waals surface area contributed by atoms with Crippen molar-refractivity contribution >= 4 is 40.8 Å². The zero-order valence-electron chi connectivity index (χ0n) is 16.5. The van der Waals surface area contributed by atoms with Crippen molar-refractivity contribution in [3.05, 3.63) is 66.5 Å². The van der Waals surface area contributed by atoms with Crippen LogP contribution >= 0.6 is 0 Å². The van der Waals surface area contributed by atoms with E-state index in [2.05, 4.69) is 16.0 Å². The Kier molecular flexibility index (Phi) is 5.70. The van der Waals surface area contributed by atoms with Gasteiger partial charge in [-0.05, 0) is 0 Å². The fourth-order valence-corrected chi connectivity index (χ4v) is 5.43. The van der Waals surface area contributed by atoms with Gasteiger partial charge in [0.25, 0.3) is 0 Å². The Balaban J connectivity index is 1.87. The van der Waals surface area contributed by atoms with Crippen LogP contribution in [0.3, 0.4) is 0 Å². The van der Waals surface area contributed by atoms with Crippen molar-refractivity contribution in [3.8, 4) is 17.4 Å². The summed E-state index contributed by atoms with van der Waals surface area (Å²) in [4.78, 5) is 20.9. The molecule has 0 aliphatic carbocycles. The third kappa shape index (κ3) is 3.87. The standard InChI is InChI=1S/C22H20N4O3Se/c1-3-29-16-5-7-18-14(11-16)12-20(26(18)22-24-9-4-10-25-22)30-19-8-6-15(28-2)13-17(19)21(23)27/h4-13H,3H2,1-2H3,(H2,23,27). The molecule has 0 unspecified atom stereocenters. The molecular formula is C22H20N4O3Se. The number of nitrogens with two attached hydrogens (primary N) is 1. The summed E-state index contributed by atoms with van der Waals surface area (Å²) in [6.07, 6.45) is 3.42.